The molecule has 0 aromatic heterocycles. The molecule has 0 aliphatic carbocycles. The van der Waals surface area contributed by atoms with Crippen LogP contribution in [0.4, 0.5) is 10.5 Å². The zero-order valence-electron chi connectivity index (χ0n) is 17.5. The van der Waals surface area contributed by atoms with E-state index < -0.39 is 11.1 Å². The number of nitrogens with zero attached hydrogens (tertiary/aromatic N) is 3. The van der Waals surface area contributed by atoms with Crippen LogP contribution in [0.25, 0.3) is 6.08 Å². The normalized spacial score (nSPS) is 17.9. The van der Waals surface area contributed by atoms with E-state index in [1.54, 1.807) is 29.2 Å². The molecule has 0 atom stereocenters. The highest BCUT2D eigenvalue weighted by atomic mass is 35.5. The van der Waals surface area contributed by atoms with Crippen molar-refractivity contribution < 1.29 is 19.1 Å². The molecule has 2 aromatic carbocycles. The number of para-hydroxylation sites is 1. The van der Waals surface area contributed by atoms with Crippen LogP contribution in [-0.2, 0) is 9.59 Å². The van der Waals surface area contributed by atoms with Crippen LogP contribution in [0.2, 0.25) is 5.02 Å². The van der Waals surface area contributed by atoms with E-state index in [2.05, 4.69) is 4.90 Å². The van der Waals surface area contributed by atoms with Crippen molar-refractivity contribution in [1.82, 2.24) is 9.80 Å². The fraction of sp³-hybridized carbons (Fsp3) is 0.261. The van der Waals surface area contributed by atoms with Crippen molar-refractivity contribution in [3.05, 3.63) is 64.0 Å². The Labute approximate surface area is 195 Å². The van der Waals surface area contributed by atoms with Crippen LogP contribution < -0.4 is 9.64 Å². The number of amides is 3. The molecule has 0 N–H and O–H groups in total. The average Bonchev–Trinajstić information content (AvgIpc) is 3.07. The number of hydrogen-bond donors (Lipinski definition) is 0. The van der Waals surface area contributed by atoms with Crippen molar-refractivity contribution in [3.8, 4) is 5.75 Å². The molecule has 2 aromatic rings. The number of carbonyl (C=O) groups excluding carboxylic acids is 3. The van der Waals surface area contributed by atoms with Crippen molar-refractivity contribution in [2.75, 3.05) is 44.7 Å². The molecule has 0 radical (unpaired) electrons. The maximum Gasteiger partial charge on any atom is 0.294 e. The molecular weight excluding hydrogens is 450 g/mol. The maximum absolute atomic E-state index is 12.8. The number of rotatable bonds is 5. The number of hydrogen-bond acceptors (Lipinski definition) is 6. The number of ether oxygens (including phenoxy) is 1. The third kappa shape index (κ3) is 4.76. The summed E-state index contributed by atoms with van der Waals surface area (Å²) in [7, 11) is 1.52. The van der Waals surface area contributed by atoms with Gasteiger partial charge in [0.05, 0.1) is 12.0 Å². The molecule has 2 fully saturated rings. The van der Waals surface area contributed by atoms with E-state index in [9.17, 15) is 14.4 Å². The van der Waals surface area contributed by atoms with Gasteiger partial charge in [0.15, 0.2) is 0 Å². The molecule has 32 heavy (non-hydrogen) atoms. The average molecular weight is 472 g/mol. The number of imide groups is 1. The second kappa shape index (κ2) is 9.67. The van der Waals surface area contributed by atoms with Gasteiger partial charge in [-0.25, -0.2) is 0 Å². The molecule has 0 saturated carbocycles. The summed E-state index contributed by atoms with van der Waals surface area (Å²) in [6, 6.07) is 15.1. The minimum atomic E-state index is -0.488. The van der Waals surface area contributed by atoms with Crippen molar-refractivity contribution >= 4 is 52.2 Å². The number of methoxy groups -OCH3 is 1. The Bertz CT molecular complexity index is 1070. The molecule has 9 heteroatoms. The Balaban J connectivity index is 1.40. The van der Waals surface area contributed by atoms with E-state index >= 15 is 0 Å². The second-order valence-electron chi connectivity index (χ2n) is 7.36. The molecule has 2 aliphatic heterocycles. The SMILES string of the molecule is COc1ccc(Cl)cc1/C=C1/SC(=O)N(CC(=O)N2CCN(c3ccccc3)CC2)C1=O. The van der Waals surface area contributed by atoms with Crippen LogP contribution >= 0.6 is 23.4 Å². The fourth-order valence-corrected chi connectivity index (χ4v) is 4.69. The summed E-state index contributed by atoms with van der Waals surface area (Å²) in [6.07, 6.45) is 1.57. The third-order valence-electron chi connectivity index (χ3n) is 5.40. The Morgan fingerprint density at radius 3 is 2.50 bits per heavy atom. The van der Waals surface area contributed by atoms with Crippen LogP contribution in [0.3, 0.4) is 0 Å². The minimum Gasteiger partial charge on any atom is -0.496 e. The van der Waals surface area contributed by atoms with E-state index in [1.807, 2.05) is 30.3 Å². The lowest BCUT2D eigenvalue weighted by Crippen LogP contribution is -2.51. The van der Waals surface area contributed by atoms with Gasteiger partial charge in [0.2, 0.25) is 5.91 Å². The van der Waals surface area contributed by atoms with E-state index in [0.29, 0.717) is 42.5 Å². The minimum absolute atomic E-state index is 0.234. The zero-order chi connectivity index (χ0) is 22.7. The fourth-order valence-electron chi connectivity index (χ4n) is 3.68. The largest absolute Gasteiger partial charge is 0.496 e. The molecule has 0 spiro atoms. The smallest absolute Gasteiger partial charge is 0.294 e. The van der Waals surface area contributed by atoms with E-state index in [0.717, 1.165) is 22.3 Å². The molecule has 2 heterocycles. The van der Waals surface area contributed by atoms with Crippen LogP contribution in [0.1, 0.15) is 5.56 Å². The first-order valence-corrected chi connectivity index (χ1v) is 11.3. The van der Waals surface area contributed by atoms with Crippen molar-refractivity contribution in [2.24, 2.45) is 0 Å². The van der Waals surface area contributed by atoms with Crippen molar-refractivity contribution in [1.29, 1.82) is 0 Å². The first kappa shape index (κ1) is 22.2. The van der Waals surface area contributed by atoms with Gasteiger partial charge in [0.1, 0.15) is 12.3 Å². The van der Waals surface area contributed by atoms with Gasteiger partial charge in [-0.15, -0.1) is 0 Å². The van der Waals surface area contributed by atoms with Crippen LogP contribution in [0.5, 0.6) is 5.75 Å². The standard InChI is InChI=1S/C23H22ClN3O4S/c1-31-19-8-7-17(24)13-16(19)14-20-22(29)27(23(30)32-20)15-21(28)26-11-9-25(10-12-26)18-5-3-2-4-6-18/h2-8,13-14H,9-12,15H2,1H3/b20-14+. The van der Waals surface area contributed by atoms with Crippen LogP contribution in [0.15, 0.2) is 53.4 Å². The molecule has 4 rings (SSSR count). The highest BCUT2D eigenvalue weighted by Crippen LogP contribution is 2.34. The highest BCUT2D eigenvalue weighted by molar-refractivity contribution is 8.18. The highest BCUT2D eigenvalue weighted by Gasteiger charge is 2.37. The maximum atomic E-state index is 12.8. The van der Waals surface area contributed by atoms with Crippen LogP contribution in [0, 0.1) is 0 Å². The first-order valence-electron chi connectivity index (χ1n) is 10.1. The van der Waals surface area contributed by atoms with E-state index in [4.69, 9.17) is 16.3 Å². The topological polar surface area (TPSA) is 70.2 Å². The second-order valence-corrected chi connectivity index (χ2v) is 8.79. The Morgan fingerprint density at radius 2 is 1.81 bits per heavy atom. The first-order chi connectivity index (χ1) is 15.5. The number of piperazine rings is 1. The molecule has 0 unspecified atom stereocenters. The molecule has 7 nitrogen and oxygen atoms in total. The summed E-state index contributed by atoms with van der Waals surface area (Å²) in [6.45, 7) is 2.22. The van der Waals surface area contributed by atoms with Gasteiger partial charge in [-0.05, 0) is 48.2 Å². The van der Waals surface area contributed by atoms with Crippen molar-refractivity contribution in [3.63, 3.8) is 0 Å². The number of carbonyl (C=O) groups is 3. The van der Waals surface area contributed by atoms with Gasteiger partial charge in [0.25, 0.3) is 11.1 Å². The van der Waals surface area contributed by atoms with Gasteiger partial charge < -0.3 is 14.5 Å². The van der Waals surface area contributed by atoms with Crippen LogP contribution in [-0.4, -0.2) is 66.7 Å². The summed E-state index contributed by atoms with van der Waals surface area (Å²) >= 11 is 6.86. The number of benzene rings is 2. The van der Waals surface area contributed by atoms with Crippen molar-refractivity contribution in [2.45, 2.75) is 0 Å². The lowest BCUT2D eigenvalue weighted by atomic mass is 10.2. The summed E-state index contributed by atoms with van der Waals surface area (Å²) in [5.74, 6) is -0.187. The van der Waals surface area contributed by atoms with E-state index in [1.165, 1.54) is 7.11 Å². The number of halogens is 1. The summed E-state index contributed by atoms with van der Waals surface area (Å²) in [5.41, 5.74) is 1.71. The molecule has 2 saturated heterocycles. The number of thioether (sulfide) groups is 1. The van der Waals surface area contributed by atoms with E-state index in [-0.39, 0.29) is 17.4 Å². The van der Waals surface area contributed by atoms with Gasteiger partial charge in [0, 0.05) is 42.5 Å². The summed E-state index contributed by atoms with van der Waals surface area (Å²) in [4.78, 5) is 43.2. The Hall–Kier alpha value is -2.97. The number of anilines is 1. The summed E-state index contributed by atoms with van der Waals surface area (Å²) in [5, 5.41) is 0.0274. The Kier molecular flexibility index (Phi) is 6.72. The van der Waals surface area contributed by atoms with Gasteiger partial charge in [-0.3, -0.25) is 19.3 Å². The quantitative estimate of drug-likeness (QED) is 0.619. The van der Waals surface area contributed by atoms with Gasteiger partial charge in [-0.2, -0.15) is 0 Å². The Morgan fingerprint density at radius 1 is 1.09 bits per heavy atom. The molecule has 2 aliphatic rings. The zero-order valence-corrected chi connectivity index (χ0v) is 19.1. The van der Waals surface area contributed by atoms with Gasteiger partial charge in [-0.1, -0.05) is 29.8 Å². The molecule has 166 valence electrons. The third-order valence-corrected chi connectivity index (χ3v) is 6.54. The molecule has 3 amide bonds. The lowest BCUT2D eigenvalue weighted by Gasteiger charge is -2.36. The predicted octanol–water partition coefficient (Wildman–Crippen LogP) is 3.73. The monoisotopic (exact) mass is 471 g/mol. The molecule has 0 bridgehead atoms. The van der Waals surface area contributed by atoms with Gasteiger partial charge >= 0.3 is 0 Å². The molecular formula is C23H22ClN3O4S. The lowest BCUT2D eigenvalue weighted by molar-refractivity contribution is -0.136. The summed E-state index contributed by atoms with van der Waals surface area (Å²) < 4.78 is 5.30. The predicted molar refractivity (Wildman–Crippen MR) is 126 cm³/mol.